The fraction of sp³-hybridized carbons (Fsp3) is 0.688. The van der Waals surface area contributed by atoms with Gasteiger partial charge < -0.3 is 14.9 Å². The van der Waals surface area contributed by atoms with Crippen molar-refractivity contribution < 1.29 is 9.16 Å². The minimum atomic E-state index is -1.19. The van der Waals surface area contributed by atoms with Gasteiger partial charge in [-0.1, -0.05) is 27.7 Å². The Morgan fingerprint density at radius 1 is 1.33 bits per heavy atom. The zero-order valence-corrected chi connectivity index (χ0v) is 16.4. The minimum absolute atomic E-state index is 0.0581. The summed E-state index contributed by atoms with van der Waals surface area (Å²) in [5, 5.41) is 0. The summed E-state index contributed by atoms with van der Waals surface area (Å²) in [4.78, 5) is 12.8. The largest absolute Gasteiger partial charge is 0.416 e. The Hall–Kier alpha value is -1.51. The molecular formula is C16H27N5O2Si. The second-order valence-corrected chi connectivity index (χ2v) is 10.4. The van der Waals surface area contributed by atoms with Crippen molar-refractivity contribution in [3.63, 3.8) is 0 Å². The quantitative estimate of drug-likeness (QED) is 0.851. The van der Waals surface area contributed by atoms with Gasteiger partial charge in [0.05, 0.1) is 19.0 Å². The van der Waals surface area contributed by atoms with Crippen molar-refractivity contribution in [2.75, 3.05) is 12.3 Å². The van der Waals surface area contributed by atoms with Crippen LogP contribution in [0.5, 0.6) is 0 Å². The number of hydrogen-bond donors (Lipinski definition) is 1. The van der Waals surface area contributed by atoms with Gasteiger partial charge in [0.25, 0.3) is 0 Å². The molecule has 2 aromatic rings. The lowest BCUT2D eigenvalue weighted by atomic mass is 9.72. The molecule has 0 aromatic carbocycles. The minimum Gasteiger partial charge on any atom is -0.416 e. The van der Waals surface area contributed by atoms with E-state index in [9.17, 15) is 0 Å². The van der Waals surface area contributed by atoms with Crippen LogP contribution in [-0.4, -0.2) is 41.3 Å². The standard InChI is InChI=1S/C16H27N5O2Si/c1-10-12(15(2,3)4)23-16(10,7-22-24(5)6)21-9-20-11-13(17)18-8-19-14(11)21/h8-10,12,24H,7H2,1-6H3,(H2,17,18,19)/t10-,12+,16+/m1/s1. The van der Waals surface area contributed by atoms with Gasteiger partial charge in [-0.3, -0.25) is 4.57 Å². The first-order chi connectivity index (χ1) is 11.2. The number of ether oxygens (including phenoxy) is 1. The molecule has 1 aliphatic heterocycles. The first-order valence-electron chi connectivity index (χ1n) is 8.40. The van der Waals surface area contributed by atoms with Crippen molar-refractivity contribution in [3.8, 4) is 0 Å². The third-order valence-corrected chi connectivity index (χ3v) is 5.58. The number of nitrogen functional groups attached to an aromatic ring is 1. The SMILES string of the molecule is C[C@@H]1[C@@H](C(C)(C)C)O[C@]1(CO[SiH](C)C)n1cnc2c(N)ncnc21. The van der Waals surface area contributed by atoms with E-state index in [1.807, 2.05) is 4.57 Å². The molecule has 132 valence electrons. The summed E-state index contributed by atoms with van der Waals surface area (Å²) in [6.45, 7) is 13.6. The molecule has 1 saturated heterocycles. The predicted molar refractivity (Wildman–Crippen MR) is 96.0 cm³/mol. The summed E-state index contributed by atoms with van der Waals surface area (Å²) < 4.78 is 14.5. The van der Waals surface area contributed by atoms with Gasteiger partial charge in [0.1, 0.15) is 11.8 Å². The monoisotopic (exact) mass is 349 g/mol. The van der Waals surface area contributed by atoms with E-state index in [2.05, 4.69) is 55.7 Å². The van der Waals surface area contributed by atoms with Crippen LogP contribution < -0.4 is 5.73 Å². The lowest BCUT2D eigenvalue weighted by molar-refractivity contribution is -0.338. The van der Waals surface area contributed by atoms with Crippen LogP contribution in [0.15, 0.2) is 12.7 Å². The van der Waals surface area contributed by atoms with Crippen molar-refractivity contribution in [1.82, 2.24) is 19.5 Å². The van der Waals surface area contributed by atoms with Crippen LogP contribution in [0.1, 0.15) is 27.7 Å². The van der Waals surface area contributed by atoms with E-state index in [-0.39, 0.29) is 17.4 Å². The molecule has 24 heavy (non-hydrogen) atoms. The van der Waals surface area contributed by atoms with E-state index >= 15 is 0 Å². The number of fused-ring (bicyclic) bond motifs is 1. The molecule has 3 heterocycles. The maximum Gasteiger partial charge on any atom is 0.174 e. The Balaban J connectivity index is 2.04. The molecule has 2 aromatic heterocycles. The molecule has 1 aliphatic rings. The second-order valence-electron chi connectivity index (χ2n) is 7.94. The van der Waals surface area contributed by atoms with Gasteiger partial charge in [0.15, 0.2) is 26.2 Å². The van der Waals surface area contributed by atoms with Crippen LogP contribution in [0.2, 0.25) is 13.1 Å². The molecule has 0 amide bonds. The Morgan fingerprint density at radius 2 is 2.04 bits per heavy atom. The fourth-order valence-electron chi connectivity index (χ4n) is 3.45. The van der Waals surface area contributed by atoms with E-state index in [4.69, 9.17) is 14.9 Å². The number of anilines is 1. The number of rotatable bonds is 4. The van der Waals surface area contributed by atoms with Crippen molar-refractivity contribution in [2.24, 2.45) is 11.3 Å². The highest BCUT2D eigenvalue weighted by atomic mass is 28.3. The second kappa shape index (κ2) is 5.78. The number of imidazole rings is 1. The third-order valence-electron chi connectivity index (χ3n) is 4.74. The summed E-state index contributed by atoms with van der Waals surface area (Å²) in [5.74, 6) is 0.645. The highest BCUT2D eigenvalue weighted by Gasteiger charge is 2.58. The van der Waals surface area contributed by atoms with Gasteiger partial charge in [-0.05, 0) is 18.5 Å². The van der Waals surface area contributed by atoms with E-state index in [0.29, 0.717) is 23.6 Å². The van der Waals surface area contributed by atoms with Gasteiger partial charge in [-0.25, -0.2) is 15.0 Å². The van der Waals surface area contributed by atoms with E-state index in [0.717, 1.165) is 0 Å². The smallest absolute Gasteiger partial charge is 0.174 e. The molecule has 3 atom stereocenters. The summed E-state index contributed by atoms with van der Waals surface area (Å²) in [6.07, 6.45) is 3.36. The maximum atomic E-state index is 6.47. The Labute approximate surface area is 144 Å². The Bertz CT molecular complexity index is 742. The molecule has 3 rings (SSSR count). The molecule has 7 nitrogen and oxygen atoms in total. The molecule has 0 spiro atoms. The van der Waals surface area contributed by atoms with Crippen molar-refractivity contribution in [3.05, 3.63) is 12.7 Å². The number of nitrogens with zero attached hydrogens (tertiary/aromatic N) is 4. The highest BCUT2D eigenvalue weighted by Crippen LogP contribution is 2.50. The molecule has 0 aliphatic carbocycles. The highest BCUT2D eigenvalue weighted by molar-refractivity contribution is 6.48. The van der Waals surface area contributed by atoms with Crippen LogP contribution in [0.4, 0.5) is 5.82 Å². The zero-order valence-electron chi connectivity index (χ0n) is 15.3. The molecule has 1 fully saturated rings. The average Bonchev–Trinajstić information content (AvgIpc) is 2.90. The molecule has 0 bridgehead atoms. The summed E-state index contributed by atoms with van der Waals surface area (Å²) in [7, 11) is -1.19. The van der Waals surface area contributed by atoms with Gasteiger partial charge in [0.2, 0.25) is 0 Å². The van der Waals surface area contributed by atoms with Crippen LogP contribution >= 0.6 is 0 Å². The van der Waals surface area contributed by atoms with Crippen molar-refractivity contribution in [2.45, 2.75) is 52.6 Å². The third kappa shape index (κ3) is 2.62. The van der Waals surface area contributed by atoms with Crippen molar-refractivity contribution >= 4 is 26.0 Å². The number of nitrogens with two attached hydrogens (primary N) is 1. The first-order valence-corrected chi connectivity index (χ1v) is 11.2. The summed E-state index contributed by atoms with van der Waals surface area (Å²) >= 11 is 0. The molecule has 2 N–H and O–H groups in total. The normalized spacial score (nSPS) is 27.6. The summed E-state index contributed by atoms with van der Waals surface area (Å²) in [5.41, 5.74) is 6.69. The topological polar surface area (TPSA) is 88.1 Å². The Kier molecular flexibility index (Phi) is 4.17. The molecule has 0 radical (unpaired) electrons. The van der Waals surface area contributed by atoms with Crippen LogP contribution in [0.25, 0.3) is 11.2 Å². The molecule has 0 unspecified atom stereocenters. The average molecular weight is 350 g/mol. The number of aromatic nitrogens is 4. The maximum absolute atomic E-state index is 6.47. The lowest BCUT2D eigenvalue weighted by Crippen LogP contribution is -2.66. The lowest BCUT2D eigenvalue weighted by Gasteiger charge is -2.58. The van der Waals surface area contributed by atoms with Crippen LogP contribution in [-0.2, 0) is 14.9 Å². The van der Waals surface area contributed by atoms with Gasteiger partial charge >= 0.3 is 0 Å². The fourth-order valence-corrected chi connectivity index (χ4v) is 4.02. The zero-order chi connectivity index (χ0) is 17.7. The molecule has 0 saturated carbocycles. The van der Waals surface area contributed by atoms with Gasteiger partial charge in [-0.15, -0.1) is 0 Å². The number of hydrogen-bond acceptors (Lipinski definition) is 6. The van der Waals surface area contributed by atoms with Crippen molar-refractivity contribution in [1.29, 1.82) is 0 Å². The van der Waals surface area contributed by atoms with Gasteiger partial charge in [0, 0.05) is 5.92 Å². The molecular weight excluding hydrogens is 322 g/mol. The van der Waals surface area contributed by atoms with E-state index in [1.165, 1.54) is 6.33 Å². The van der Waals surface area contributed by atoms with Crippen LogP contribution in [0, 0.1) is 11.3 Å². The predicted octanol–water partition coefficient (Wildman–Crippen LogP) is 2.14. The molecule has 8 heteroatoms. The Morgan fingerprint density at radius 3 is 2.62 bits per heavy atom. The van der Waals surface area contributed by atoms with E-state index < -0.39 is 14.8 Å². The van der Waals surface area contributed by atoms with Gasteiger partial charge in [-0.2, -0.15) is 0 Å². The first kappa shape index (κ1) is 17.3. The van der Waals surface area contributed by atoms with Crippen LogP contribution in [0.3, 0.4) is 0 Å². The summed E-state index contributed by atoms with van der Waals surface area (Å²) in [6, 6.07) is 0. The van der Waals surface area contributed by atoms with E-state index in [1.54, 1.807) is 6.33 Å².